The zero-order chi connectivity index (χ0) is 13.8. The van der Waals surface area contributed by atoms with E-state index >= 15 is 0 Å². The molecule has 0 bridgehead atoms. The molecular formula is C10H8ClF4NO2. The second-order valence-electron chi connectivity index (χ2n) is 3.17. The van der Waals surface area contributed by atoms with Gasteiger partial charge in [0.1, 0.15) is 5.75 Å². The number of anilines is 1. The van der Waals surface area contributed by atoms with Crippen LogP contribution in [-0.2, 0) is 4.79 Å². The normalized spacial score (nSPS) is 12.9. The number of carbonyl (C=O) groups excluding carboxylic acids is 1. The van der Waals surface area contributed by atoms with Crippen molar-refractivity contribution in [3.05, 3.63) is 24.3 Å². The minimum atomic E-state index is -4.16. The highest BCUT2D eigenvalue weighted by molar-refractivity contribution is 6.20. The molecule has 1 N–H and O–H groups in total. The molecule has 0 saturated heterocycles. The van der Waals surface area contributed by atoms with Crippen molar-refractivity contribution in [1.29, 1.82) is 0 Å². The molecule has 1 unspecified atom stereocenters. The zero-order valence-corrected chi connectivity index (χ0v) is 9.56. The average molecular weight is 286 g/mol. The Kier molecular flexibility index (Phi) is 4.77. The fraction of sp³-hybridized carbons (Fsp3) is 0.300. The lowest BCUT2D eigenvalue weighted by Crippen LogP contribution is -2.32. The van der Waals surface area contributed by atoms with Crippen LogP contribution in [0.1, 0.15) is 0 Å². The van der Waals surface area contributed by atoms with Gasteiger partial charge in [-0.3, -0.25) is 4.79 Å². The fourth-order valence-electron chi connectivity index (χ4n) is 1.00. The maximum absolute atomic E-state index is 12.7. The summed E-state index contributed by atoms with van der Waals surface area (Å²) in [5.41, 5.74) is -2.79. The van der Waals surface area contributed by atoms with E-state index < -0.39 is 24.3 Å². The van der Waals surface area contributed by atoms with Crippen molar-refractivity contribution in [2.75, 3.05) is 12.0 Å². The van der Waals surface area contributed by atoms with E-state index in [1.165, 1.54) is 12.1 Å². The Morgan fingerprint density at radius 1 is 1.39 bits per heavy atom. The van der Waals surface area contributed by atoms with E-state index in [0.717, 1.165) is 12.1 Å². The molecule has 1 amide bonds. The number of ether oxygens (including phenoxy) is 1. The first-order valence-electron chi connectivity index (χ1n) is 4.66. The summed E-state index contributed by atoms with van der Waals surface area (Å²) < 4.78 is 53.6. The van der Waals surface area contributed by atoms with E-state index in [-0.39, 0.29) is 11.4 Å². The van der Waals surface area contributed by atoms with Gasteiger partial charge in [-0.2, -0.15) is 8.78 Å². The van der Waals surface area contributed by atoms with E-state index in [1.807, 2.05) is 0 Å². The third-order valence-corrected chi connectivity index (χ3v) is 2.02. The zero-order valence-electron chi connectivity index (χ0n) is 8.80. The molecule has 0 heterocycles. The molecule has 0 fully saturated rings. The predicted molar refractivity (Wildman–Crippen MR) is 57.4 cm³/mol. The monoisotopic (exact) mass is 285 g/mol. The molecule has 0 aliphatic heterocycles. The molecule has 0 aromatic heterocycles. The molecule has 1 aromatic rings. The van der Waals surface area contributed by atoms with Crippen LogP contribution >= 0.6 is 11.6 Å². The van der Waals surface area contributed by atoms with Crippen LogP contribution in [0.3, 0.4) is 0 Å². The van der Waals surface area contributed by atoms with Crippen molar-refractivity contribution in [2.45, 2.75) is 11.7 Å². The average Bonchev–Trinajstić information content (AvgIpc) is 2.31. The van der Waals surface area contributed by atoms with Crippen LogP contribution in [0.5, 0.6) is 5.75 Å². The van der Waals surface area contributed by atoms with E-state index in [4.69, 9.17) is 0 Å². The molecule has 100 valence electrons. The molecule has 3 nitrogen and oxygen atoms in total. The number of hydrogen-bond acceptors (Lipinski definition) is 2. The van der Waals surface area contributed by atoms with Crippen molar-refractivity contribution in [3.8, 4) is 5.75 Å². The minimum Gasteiger partial charge on any atom is -0.429 e. The summed E-state index contributed by atoms with van der Waals surface area (Å²) in [5, 5.41) is 2.15. The topological polar surface area (TPSA) is 38.3 Å². The lowest BCUT2D eigenvalue weighted by molar-refractivity contribution is -0.199. The van der Waals surface area contributed by atoms with E-state index in [0.29, 0.717) is 0 Å². The first-order chi connectivity index (χ1) is 8.35. The number of halogens is 5. The van der Waals surface area contributed by atoms with Gasteiger partial charge in [0.2, 0.25) is 0 Å². The molecule has 18 heavy (non-hydrogen) atoms. The van der Waals surface area contributed by atoms with Crippen molar-refractivity contribution < 1.29 is 27.1 Å². The Labute approximate surface area is 105 Å². The second kappa shape index (κ2) is 5.90. The highest BCUT2D eigenvalue weighted by Gasteiger charge is 2.42. The van der Waals surface area contributed by atoms with Crippen molar-refractivity contribution in [1.82, 2.24) is 0 Å². The van der Waals surface area contributed by atoms with Crippen LogP contribution in [0.25, 0.3) is 0 Å². The molecule has 0 aliphatic carbocycles. The van der Waals surface area contributed by atoms with Gasteiger partial charge in [-0.25, -0.2) is 8.78 Å². The van der Waals surface area contributed by atoms with Crippen LogP contribution in [-0.4, -0.2) is 24.3 Å². The van der Waals surface area contributed by atoms with Gasteiger partial charge < -0.3 is 10.1 Å². The largest absolute Gasteiger partial charge is 0.444 e. The van der Waals surface area contributed by atoms with Gasteiger partial charge in [-0.05, 0) is 24.3 Å². The number of amides is 1. The summed E-state index contributed by atoms with van der Waals surface area (Å²) in [6, 6.07) is 4.50. The molecular weight excluding hydrogens is 278 g/mol. The number of alkyl halides is 5. The van der Waals surface area contributed by atoms with Crippen LogP contribution in [0.4, 0.5) is 23.2 Å². The van der Waals surface area contributed by atoms with Gasteiger partial charge >= 0.3 is 6.11 Å². The highest BCUT2D eigenvalue weighted by atomic mass is 35.5. The summed E-state index contributed by atoms with van der Waals surface area (Å²) in [4.78, 5) is 10.7. The van der Waals surface area contributed by atoms with Gasteiger partial charge in [0, 0.05) is 5.69 Å². The van der Waals surface area contributed by atoms with Crippen molar-refractivity contribution in [2.24, 2.45) is 0 Å². The molecule has 0 saturated carbocycles. The minimum absolute atomic E-state index is 0.191. The Morgan fingerprint density at radius 2 is 1.94 bits per heavy atom. The smallest absolute Gasteiger partial charge is 0.429 e. The maximum Gasteiger partial charge on any atom is 0.444 e. The van der Waals surface area contributed by atoms with Crippen LogP contribution in [0, 0.1) is 0 Å². The van der Waals surface area contributed by atoms with Gasteiger partial charge in [-0.15, -0.1) is 0 Å². The van der Waals surface area contributed by atoms with E-state index in [2.05, 4.69) is 21.7 Å². The number of nitrogens with one attached hydrogen (secondary N) is 1. The number of carbonyl (C=O) groups is 1. The van der Waals surface area contributed by atoms with Gasteiger partial charge in [0.15, 0.2) is 6.67 Å². The third kappa shape index (κ3) is 4.06. The molecule has 0 radical (unpaired) electrons. The van der Waals surface area contributed by atoms with Crippen LogP contribution in [0.2, 0.25) is 0 Å². The van der Waals surface area contributed by atoms with Crippen molar-refractivity contribution >= 4 is 23.2 Å². The Morgan fingerprint density at radius 3 is 2.39 bits per heavy atom. The fourth-order valence-corrected chi connectivity index (χ4v) is 1.05. The maximum atomic E-state index is 12.7. The van der Waals surface area contributed by atoms with Gasteiger partial charge in [0.05, 0.1) is 0 Å². The lowest BCUT2D eigenvalue weighted by Gasteiger charge is -2.17. The van der Waals surface area contributed by atoms with Crippen LogP contribution < -0.4 is 10.1 Å². The number of benzene rings is 1. The van der Waals surface area contributed by atoms with Gasteiger partial charge in [0.25, 0.3) is 11.5 Å². The van der Waals surface area contributed by atoms with E-state index in [1.54, 1.807) is 0 Å². The predicted octanol–water partition coefficient (Wildman–Crippen LogP) is 3.10. The summed E-state index contributed by atoms with van der Waals surface area (Å²) in [5.74, 6) is -1.22. The summed E-state index contributed by atoms with van der Waals surface area (Å²) in [6.45, 7) is -1.20. The Bertz CT molecular complexity index is 411. The summed E-state index contributed by atoms with van der Waals surface area (Å²) in [7, 11) is 0. The highest BCUT2D eigenvalue weighted by Crippen LogP contribution is 2.29. The number of rotatable bonds is 5. The molecule has 8 heteroatoms. The van der Waals surface area contributed by atoms with Crippen molar-refractivity contribution in [3.63, 3.8) is 0 Å². The SMILES string of the molecule is O=C(CF)Nc1ccc(OC(F)(F)C(F)Cl)cc1. The Balaban J connectivity index is 2.69. The number of hydrogen-bond donors (Lipinski definition) is 1. The quantitative estimate of drug-likeness (QED) is 0.667. The third-order valence-electron chi connectivity index (χ3n) is 1.77. The van der Waals surface area contributed by atoms with Crippen LogP contribution in [0.15, 0.2) is 24.3 Å². The molecule has 0 aliphatic rings. The Hall–Kier alpha value is -1.50. The molecule has 1 aromatic carbocycles. The molecule has 1 atom stereocenters. The molecule has 1 rings (SSSR count). The second-order valence-corrected chi connectivity index (χ2v) is 3.55. The summed E-state index contributed by atoms with van der Waals surface area (Å²) in [6.07, 6.45) is -4.16. The first-order valence-corrected chi connectivity index (χ1v) is 5.09. The van der Waals surface area contributed by atoms with Gasteiger partial charge in [-0.1, -0.05) is 11.6 Å². The first kappa shape index (κ1) is 14.6. The lowest BCUT2D eigenvalue weighted by atomic mass is 10.3. The molecule has 0 spiro atoms. The van der Waals surface area contributed by atoms with E-state index in [9.17, 15) is 22.4 Å². The summed E-state index contributed by atoms with van der Waals surface area (Å²) >= 11 is 4.60. The standard InChI is InChI=1S/C10H8ClF4NO2/c11-9(13)10(14,15)18-7-3-1-6(2-4-7)16-8(17)5-12/h1-4,9H,5H2,(H,16,17).